The molecule has 4 N–H and O–H groups in total. The first kappa shape index (κ1) is 12.5. The fraction of sp³-hybridized carbons (Fsp3) is 0.556. The van der Waals surface area contributed by atoms with Gasteiger partial charge in [-0.2, -0.15) is 0 Å². The number of nitrogens with zero attached hydrogens (tertiary/aromatic N) is 4. The molecule has 0 radical (unpaired) electrons. The summed E-state index contributed by atoms with van der Waals surface area (Å²) in [5, 5.41) is 20.7. The third-order valence-corrected chi connectivity index (χ3v) is 2.82. The third kappa shape index (κ3) is 2.31. The zero-order valence-corrected chi connectivity index (χ0v) is 9.61. The van der Waals surface area contributed by atoms with E-state index in [1.807, 2.05) is 0 Å². The van der Waals surface area contributed by atoms with E-state index < -0.39 is 11.0 Å². The van der Waals surface area contributed by atoms with Crippen molar-refractivity contribution in [3.05, 3.63) is 16.4 Å². The number of aromatic nitrogens is 2. The number of hydrogen-bond acceptors (Lipinski definition) is 8. The Kier molecular flexibility index (Phi) is 3.53. The number of nitrogens with two attached hydrogens (primary N) is 1. The van der Waals surface area contributed by atoms with E-state index in [2.05, 4.69) is 15.4 Å². The van der Waals surface area contributed by atoms with E-state index in [0.717, 1.165) is 6.42 Å². The van der Waals surface area contributed by atoms with E-state index in [1.165, 1.54) is 6.33 Å². The predicted octanol–water partition coefficient (Wildman–Crippen LogP) is -0.369. The highest BCUT2D eigenvalue weighted by Gasteiger charge is 2.29. The van der Waals surface area contributed by atoms with Crippen molar-refractivity contribution >= 4 is 17.3 Å². The summed E-state index contributed by atoms with van der Waals surface area (Å²) in [5.41, 5.74) is 1.92. The molecule has 1 fully saturated rings. The van der Waals surface area contributed by atoms with Crippen molar-refractivity contribution in [2.75, 3.05) is 23.4 Å². The molecule has 0 amide bonds. The van der Waals surface area contributed by atoms with Gasteiger partial charge in [0.15, 0.2) is 0 Å². The summed E-state index contributed by atoms with van der Waals surface area (Å²) >= 11 is 0. The molecule has 1 aliphatic rings. The summed E-state index contributed by atoms with van der Waals surface area (Å²) in [6, 6.07) is 0. The largest absolute Gasteiger partial charge is 0.391 e. The van der Waals surface area contributed by atoms with Crippen molar-refractivity contribution in [2.45, 2.75) is 18.9 Å². The summed E-state index contributed by atoms with van der Waals surface area (Å²) in [5.74, 6) is 5.35. The minimum absolute atomic E-state index is 0.0370. The summed E-state index contributed by atoms with van der Waals surface area (Å²) in [6.45, 7) is 0.931. The Morgan fingerprint density at radius 2 is 2.39 bits per heavy atom. The van der Waals surface area contributed by atoms with Crippen LogP contribution in [0.4, 0.5) is 17.3 Å². The molecule has 1 aliphatic heterocycles. The zero-order chi connectivity index (χ0) is 13.1. The lowest BCUT2D eigenvalue weighted by Crippen LogP contribution is -2.39. The quantitative estimate of drug-likeness (QED) is 0.378. The number of anilines is 2. The fourth-order valence-electron chi connectivity index (χ4n) is 2.02. The maximum atomic E-state index is 11.1. The van der Waals surface area contributed by atoms with Crippen LogP contribution in [0.2, 0.25) is 0 Å². The van der Waals surface area contributed by atoms with Crippen LogP contribution in [0.1, 0.15) is 12.8 Å². The van der Waals surface area contributed by atoms with Gasteiger partial charge in [0.25, 0.3) is 0 Å². The van der Waals surface area contributed by atoms with Gasteiger partial charge >= 0.3 is 5.69 Å². The maximum absolute atomic E-state index is 11.1. The van der Waals surface area contributed by atoms with E-state index >= 15 is 0 Å². The molecule has 2 rings (SSSR count). The standard InChI is InChI=1S/C9H14N6O3/c10-13-8-7(15(17)18)9(12-5-11-8)14-3-1-2-6(16)4-14/h5-6,16H,1-4,10H2,(H,11,12,13). The first-order valence-electron chi connectivity index (χ1n) is 5.52. The van der Waals surface area contributed by atoms with E-state index in [0.29, 0.717) is 19.5 Å². The summed E-state index contributed by atoms with van der Waals surface area (Å²) in [7, 11) is 0. The van der Waals surface area contributed by atoms with Crippen LogP contribution in [0, 0.1) is 10.1 Å². The smallest absolute Gasteiger partial charge is 0.354 e. The Labute approximate surface area is 103 Å². The van der Waals surface area contributed by atoms with E-state index in [-0.39, 0.29) is 17.3 Å². The Hall–Kier alpha value is -2.00. The summed E-state index contributed by atoms with van der Waals surface area (Å²) < 4.78 is 0. The number of β-amino-alcohol motifs (C(OH)–C–C–N with tert-alkyl or cyclic N) is 1. The van der Waals surface area contributed by atoms with Gasteiger partial charge in [0, 0.05) is 13.1 Å². The monoisotopic (exact) mass is 254 g/mol. The topological polar surface area (TPSA) is 130 Å². The van der Waals surface area contributed by atoms with E-state index in [9.17, 15) is 15.2 Å². The molecule has 2 heterocycles. The molecular formula is C9H14N6O3. The van der Waals surface area contributed by atoms with Crippen molar-refractivity contribution < 1.29 is 10.0 Å². The average Bonchev–Trinajstić information content (AvgIpc) is 2.37. The molecule has 98 valence electrons. The zero-order valence-electron chi connectivity index (χ0n) is 9.61. The second-order valence-corrected chi connectivity index (χ2v) is 4.04. The van der Waals surface area contributed by atoms with Crippen LogP contribution in [0.5, 0.6) is 0 Å². The van der Waals surface area contributed by atoms with Gasteiger partial charge < -0.3 is 15.4 Å². The van der Waals surface area contributed by atoms with Gasteiger partial charge in [-0.15, -0.1) is 0 Å². The number of aliphatic hydroxyl groups excluding tert-OH is 1. The first-order valence-corrected chi connectivity index (χ1v) is 5.52. The Morgan fingerprint density at radius 1 is 1.61 bits per heavy atom. The SMILES string of the molecule is NNc1ncnc(N2CCCC(O)C2)c1[N+](=O)[O-]. The number of nitro groups is 1. The van der Waals surface area contributed by atoms with Crippen LogP contribution in [-0.2, 0) is 0 Å². The molecule has 0 aromatic carbocycles. The van der Waals surface area contributed by atoms with Crippen LogP contribution in [0.25, 0.3) is 0 Å². The lowest BCUT2D eigenvalue weighted by atomic mass is 10.1. The van der Waals surface area contributed by atoms with Crippen LogP contribution in [0.3, 0.4) is 0 Å². The van der Waals surface area contributed by atoms with Gasteiger partial charge in [-0.25, -0.2) is 15.8 Å². The molecule has 1 saturated heterocycles. The number of piperidine rings is 1. The highest BCUT2D eigenvalue weighted by atomic mass is 16.6. The fourth-order valence-corrected chi connectivity index (χ4v) is 2.02. The number of hydrazine groups is 1. The van der Waals surface area contributed by atoms with Crippen molar-refractivity contribution in [1.29, 1.82) is 0 Å². The molecular weight excluding hydrogens is 240 g/mol. The molecule has 0 bridgehead atoms. The van der Waals surface area contributed by atoms with Gasteiger partial charge in [-0.05, 0) is 12.8 Å². The lowest BCUT2D eigenvalue weighted by Gasteiger charge is -2.30. The second kappa shape index (κ2) is 5.10. The number of nitrogens with one attached hydrogen (secondary N) is 1. The van der Waals surface area contributed by atoms with Crippen molar-refractivity contribution in [3.8, 4) is 0 Å². The Morgan fingerprint density at radius 3 is 3.00 bits per heavy atom. The number of nitrogen functional groups attached to an aromatic ring is 1. The van der Waals surface area contributed by atoms with Crippen LogP contribution < -0.4 is 16.2 Å². The van der Waals surface area contributed by atoms with Crippen molar-refractivity contribution in [3.63, 3.8) is 0 Å². The second-order valence-electron chi connectivity index (χ2n) is 4.04. The number of hydrogen-bond donors (Lipinski definition) is 3. The normalized spacial score (nSPS) is 19.7. The molecule has 18 heavy (non-hydrogen) atoms. The average molecular weight is 254 g/mol. The Balaban J connectivity index is 2.40. The molecule has 0 saturated carbocycles. The molecule has 0 spiro atoms. The highest BCUT2D eigenvalue weighted by Crippen LogP contribution is 2.32. The maximum Gasteiger partial charge on any atom is 0.354 e. The van der Waals surface area contributed by atoms with Gasteiger partial charge in [0.2, 0.25) is 11.6 Å². The minimum Gasteiger partial charge on any atom is -0.391 e. The molecule has 1 aromatic rings. The number of rotatable bonds is 3. The van der Waals surface area contributed by atoms with E-state index in [1.54, 1.807) is 4.90 Å². The predicted molar refractivity (Wildman–Crippen MR) is 64.0 cm³/mol. The minimum atomic E-state index is -0.578. The van der Waals surface area contributed by atoms with Crippen molar-refractivity contribution in [1.82, 2.24) is 9.97 Å². The third-order valence-electron chi connectivity index (χ3n) is 2.82. The van der Waals surface area contributed by atoms with E-state index in [4.69, 9.17) is 5.84 Å². The summed E-state index contributed by atoms with van der Waals surface area (Å²) in [6.07, 6.45) is 2.16. The molecule has 0 aliphatic carbocycles. The molecule has 9 heteroatoms. The van der Waals surface area contributed by atoms with Gasteiger partial charge in [-0.3, -0.25) is 10.1 Å². The van der Waals surface area contributed by atoms with Crippen LogP contribution in [-0.4, -0.2) is 39.2 Å². The van der Waals surface area contributed by atoms with Gasteiger partial charge in [0.05, 0.1) is 11.0 Å². The molecule has 1 atom stereocenters. The molecule has 1 unspecified atom stereocenters. The van der Waals surface area contributed by atoms with Crippen LogP contribution in [0.15, 0.2) is 6.33 Å². The lowest BCUT2D eigenvalue weighted by molar-refractivity contribution is -0.383. The van der Waals surface area contributed by atoms with Crippen molar-refractivity contribution in [2.24, 2.45) is 5.84 Å². The number of aliphatic hydroxyl groups is 1. The molecule has 9 nitrogen and oxygen atoms in total. The van der Waals surface area contributed by atoms with Crippen LogP contribution >= 0.6 is 0 Å². The first-order chi connectivity index (χ1) is 8.63. The van der Waals surface area contributed by atoms with Gasteiger partial charge in [0.1, 0.15) is 6.33 Å². The summed E-state index contributed by atoms with van der Waals surface area (Å²) in [4.78, 5) is 19.8. The molecule has 1 aromatic heterocycles. The highest BCUT2D eigenvalue weighted by molar-refractivity contribution is 5.70. The van der Waals surface area contributed by atoms with Gasteiger partial charge in [-0.1, -0.05) is 0 Å². The Bertz CT molecular complexity index is 454.